The van der Waals surface area contributed by atoms with Gasteiger partial charge in [0.15, 0.2) is 6.10 Å². The second kappa shape index (κ2) is 8.26. The quantitative estimate of drug-likeness (QED) is 0.848. The fraction of sp³-hybridized carbons (Fsp3) is 0.409. The zero-order chi connectivity index (χ0) is 18.5. The molecule has 138 valence electrons. The summed E-state index contributed by atoms with van der Waals surface area (Å²) in [4.78, 5) is 14.8. The van der Waals surface area contributed by atoms with Crippen LogP contribution < -0.4 is 15.0 Å². The molecule has 2 aromatic rings. The van der Waals surface area contributed by atoms with Crippen LogP contribution in [-0.2, 0) is 4.79 Å². The number of carbonyl (C=O) groups excluding carboxylic acids is 1. The highest BCUT2D eigenvalue weighted by Crippen LogP contribution is 2.22. The molecule has 0 bridgehead atoms. The molecule has 0 aliphatic carbocycles. The minimum Gasteiger partial charge on any atom is -0.481 e. The van der Waals surface area contributed by atoms with Crippen LogP contribution in [0, 0.1) is 13.8 Å². The fourth-order valence-corrected chi connectivity index (χ4v) is 3.20. The lowest BCUT2D eigenvalue weighted by atomic mass is 10.1. The van der Waals surface area contributed by atoms with Crippen molar-refractivity contribution in [3.63, 3.8) is 0 Å². The first-order valence-corrected chi connectivity index (χ1v) is 9.43. The molecule has 26 heavy (non-hydrogen) atoms. The van der Waals surface area contributed by atoms with Crippen LogP contribution in [0.2, 0.25) is 0 Å². The average Bonchev–Trinajstić information content (AvgIpc) is 2.66. The van der Waals surface area contributed by atoms with Crippen LogP contribution in [0.4, 0.5) is 11.4 Å². The smallest absolute Gasteiger partial charge is 0.265 e. The van der Waals surface area contributed by atoms with E-state index >= 15 is 0 Å². The summed E-state index contributed by atoms with van der Waals surface area (Å²) in [5, 5.41) is 2.94. The van der Waals surface area contributed by atoms with E-state index in [9.17, 15) is 4.79 Å². The average molecular weight is 352 g/mol. The zero-order valence-electron chi connectivity index (χ0n) is 15.9. The van der Waals surface area contributed by atoms with Crippen LogP contribution in [0.3, 0.4) is 0 Å². The Morgan fingerprint density at radius 3 is 2.35 bits per heavy atom. The molecule has 1 amide bonds. The predicted octanol–water partition coefficient (Wildman–Crippen LogP) is 4.70. The lowest BCUT2D eigenvalue weighted by Gasteiger charge is -2.28. The Kier molecular flexibility index (Phi) is 5.82. The van der Waals surface area contributed by atoms with Crippen molar-refractivity contribution in [1.29, 1.82) is 0 Å². The van der Waals surface area contributed by atoms with E-state index in [1.807, 2.05) is 37.3 Å². The number of hydrogen-bond donors (Lipinski definition) is 1. The summed E-state index contributed by atoms with van der Waals surface area (Å²) in [5.41, 5.74) is 4.39. The molecule has 1 atom stereocenters. The molecule has 1 aliphatic heterocycles. The molecule has 0 radical (unpaired) electrons. The first-order chi connectivity index (χ1) is 12.5. The first-order valence-electron chi connectivity index (χ1n) is 9.43. The van der Waals surface area contributed by atoms with Gasteiger partial charge in [-0.1, -0.05) is 6.07 Å². The number of rotatable bonds is 5. The molecule has 1 saturated heterocycles. The van der Waals surface area contributed by atoms with Crippen molar-refractivity contribution in [3.05, 3.63) is 53.6 Å². The first kappa shape index (κ1) is 18.3. The van der Waals surface area contributed by atoms with Gasteiger partial charge in [-0.05, 0) is 87.6 Å². The van der Waals surface area contributed by atoms with Crippen molar-refractivity contribution in [1.82, 2.24) is 0 Å². The second-order valence-electron chi connectivity index (χ2n) is 7.09. The molecular weight excluding hydrogens is 324 g/mol. The number of aryl methyl sites for hydroxylation is 2. The van der Waals surface area contributed by atoms with Crippen molar-refractivity contribution in [2.45, 2.75) is 46.1 Å². The monoisotopic (exact) mass is 352 g/mol. The normalized spacial score (nSPS) is 15.4. The summed E-state index contributed by atoms with van der Waals surface area (Å²) in [6, 6.07) is 14.0. The zero-order valence-corrected chi connectivity index (χ0v) is 15.9. The van der Waals surface area contributed by atoms with Crippen molar-refractivity contribution < 1.29 is 9.53 Å². The van der Waals surface area contributed by atoms with Gasteiger partial charge in [0, 0.05) is 24.5 Å². The highest BCUT2D eigenvalue weighted by molar-refractivity contribution is 5.94. The third-order valence-corrected chi connectivity index (χ3v) is 5.02. The molecule has 3 rings (SSSR count). The second-order valence-corrected chi connectivity index (χ2v) is 7.09. The summed E-state index contributed by atoms with van der Waals surface area (Å²) in [5.74, 6) is 0.574. The Bertz CT molecular complexity index is 749. The number of carbonyl (C=O) groups is 1. The summed E-state index contributed by atoms with van der Waals surface area (Å²) < 4.78 is 5.78. The maximum Gasteiger partial charge on any atom is 0.265 e. The lowest BCUT2D eigenvalue weighted by molar-refractivity contribution is -0.122. The summed E-state index contributed by atoms with van der Waals surface area (Å²) in [7, 11) is 0. The van der Waals surface area contributed by atoms with Crippen LogP contribution in [0.1, 0.15) is 37.3 Å². The topological polar surface area (TPSA) is 41.6 Å². The maximum absolute atomic E-state index is 12.4. The maximum atomic E-state index is 12.4. The van der Waals surface area contributed by atoms with Crippen LogP contribution in [0.25, 0.3) is 0 Å². The molecule has 0 spiro atoms. The number of nitrogens with zero attached hydrogens (tertiary/aromatic N) is 1. The Morgan fingerprint density at radius 1 is 1.00 bits per heavy atom. The molecule has 0 saturated carbocycles. The molecule has 4 nitrogen and oxygen atoms in total. The minimum atomic E-state index is -0.557. The van der Waals surface area contributed by atoms with Crippen LogP contribution in [0.15, 0.2) is 42.5 Å². The number of benzene rings is 2. The molecule has 4 heteroatoms. The van der Waals surface area contributed by atoms with E-state index in [1.54, 1.807) is 6.92 Å². The molecule has 1 aliphatic rings. The van der Waals surface area contributed by atoms with Gasteiger partial charge in [0.25, 0.3) is 5.91 Å². The molecule has 1 N–H and O–H groups in total. The molecule has 1 heterocycles. The summed E-state index contributed by atoms with van der Waals surface area (Å²) in [6.45, 7) is 8.10. The Morgan fingerprint density at radius 2 is 1.69 bits per heavy atom. The van der Waals surface area contributed by atoms with Gasteiger partial charge >= 0.3 is 0 Å². The molecular formula is C22H28N2O2. The van der Waals surface area contributed by atoms with Gasteiger partial charge in [-0.15, -0.1) is 0 Å². The number of piperidine rings is 1. The van der Waals surface area contributed by atoms with Gasteiger partial charge in [0.1, 0.15) is 5.75 Å². The van der Waals surface area contributed by atoms with Crippen molar-refractivity contribution >= 4 is 17.3 Å². The van der Waals surface area contributed by atoms with Crippen LogP contribution in [0.5, 0.6) is 5.75 Å². The third kappa shape index (κ3) is 4.57. The van der Waals surface area contributed by atoms with Crippen molar-refractivity contribution in [2.75, 3.05) is 23.3 Å². The SMILES string of the molecule is Cc1ccc(O[C@@H](C)C(=O)Nc2ccc(N3CCCCC3)cc2)cc1C. The van der Waals surface area contributed by atoms with Crippen LogP contribution >= 0.6 is 0 Å². The van der Waals surface area contributed by atoms with Crippen molar-refractivity contribution in [2.24, 2.45) is 0 Å². The minimum absolute atomic E-state index is 0.144. The fourth-order valence-electron chi connectivity index (χ4n) is 3.20. The lowest BCUT2D eigenvalue weighted by Crippen LogP contribution is -2.30. The van der Waals surface area contributed by atoms with E-state index < -0.39 is 6.10 Å². The Balaban J connectivity index is 1.57. The Hall–Kier alpha value is -2.49. The highest BCUT2D eigenvalue weighted by Gasteiger charge is 2.16. The van der Waals surface area contributed by atoms with Gasteiger partial charge in [-0.2, -0.15) is 0 Å². The number of ether oxygens (including phenoxy) is 1. The molecule has 0 unspecified atom stereocenters. The van der Waals surface area contributed by atoms with Crippen LogP contribution in [-0.4, -0.2) is 25.1 Å². The van der Waals surface area contributed by atoms with Gasteiger partial charge in [0.05, 0.1) is 0 Å². The molecule has 1 fully saturated rings. The van der Waals surface area contributed by atoms with Gasteiger partial charge in [-0.25, -0.2) is 0 Å². The van der Waals surface area contributed by atoms with Gasteiger partial charge in [-0.3, -0.25) is 4.79 Å². The summed E-state index contributed by atoms with van der Waals surface area (Å²) >= 11 is 0. The van der Waals surface area contributed by atoms with Gasteiger partial charge < -0.3 is 15.0 Å². The largest absolute Gasteiger partial charge is 0.481 e. The molecule has 2 aromatic carbocycles. The van der Waals surface area contributed by atoms with Crippen molar-refractivity contribution in [3.8, 4) is 5.75 Å². The van der Waals surface area contributed by atoms with E-state index in [0.717, 1.165) is 30.1 Å². The van der Waals surface area contributed by atoms with E-state index in [1.165, 1.54) is 30.5 Å². The van der Waals surface area contributed by atoms with E-state index in [2.05, 4.69) is 29.3 Å². The van der Waals surface area contributed by atoms with E-state index in [-0.39, 0.29) is 5.91 Å². The third-order valence-electron chi connectivity index (χ3n) is 5.02. The van der Waals surface area contributed by atoms with E-state index in [4.69, 9.17) is 4.74 Å². The predicted molar refractivity (Wildman–Crippen MR) is 107 cm³/mol. The number of hydrogen-bond acceptors (Lipinski definition) is 3. The number of anilines is 2. The summed E-state index contributed by atoms with van der Waals surface area (Å²) in [6.07, 6.45) is 3.28. The molecule has 0 aromatic heterocycles. The van der Waals surface area contributed by atoms with Gasteiger partial charge in [0.2, 0.25) is 0 Å². The standard InChI is InChI=1S/C22H28N2O2/c1-16-7-12-21(15-17(16)2)26-18(3)22(25)23-19-8-10-20(11-9-19)24-13-5-4-6-14-24/h7-12,15,18H,4-6,13-14H2,1-3H3,(H,23,25)/t18-/m0/s1. The Labute approximate surface area is 156 Å². The number of nitrogens with one attached hydrogen (secondary N) is 1. The number of amides is 1. The van der Waals surface area contributed by atoms with E-state index in [0.29, 0.717) is 0 Å². The highest BCUT2D eigenvalue weighted by atomic mass is 16.5.